The van der Waals surface area contributed by atoms with E-state index in [0.717, 1.165) is 12.8 Å². The number of anilines is 1. The molecule has 21 heavy (non-hydrogen) atoms. The predicted molar refractivity (Wildman–Crippen MR) is 74.7 cm³/mol. The van der Waals surface area contributed by atoms with Crippen LogP contribution in [0.1, 0.15) is 32.1 Å². The SMILES string of the molecule is O=C(CC1(O)CCCC1)Nc1ccc(OC(F)F)c(Cl)c1. The van der Waals surface area contributed by atoms with E-state index in [2.05, 4.69) is 10.1 Å². The Kier molecular flexibility index (Phi) is 5.00. The number of benzene rings is 1. The average molecular weight is 320 g/mol. The number of rotatable bonds is 5. The number of amides is 1. The molecule has 2 N–H and O–H groups in total. The highest BCUT2D eigenvalue weighted by Crippen LogP contribution is 2.33. The highest BCUT2D eigenvalue weighted by Gasteiger charge is 2.33. The molecule has 7 heteroatoms. The van der Waals surface area contributed by atoms with Crippen molar-refractivity contribution in [1.82, 2.24) is 0 Å². The highest BCUT2D eigenvalue weighted by molar-refractivity contribution is 6.32. The number of carbonyl (C=O) groups excluding carboxylic acids is 1. The van der Waals surface area contributed by atoms with E-state index in [0.29, 0.717) is 18.5 Å². The molecule has 0 aliphatic heterocycles. The van der Waals surface area contributed by atoms with Crippen molar-refractivity contribution in [3.8, 4) is 5.75 Å². The van der Waals surface area contributed by atoms with Crippen LogP contribution in [0.4, 0.5) is 14.5 Å². The number of aliphatic hydroxyl groups is 1. The number of hydrogen-bond donors (Lipinski definition) is 2. The molecule has 1 amide bonds. The summed E-state index contributed by atoms with van der Waals surface area (Å²) in [4.78, 5) is 11.9. The van der Waals surface area contributed by atoms with Gasteiger partial charge in [-0.3, -0.25) is 4.79 Å². The van der Waals surface area contributed by atoms with Gasteiger partial charge in [-0.2, -0.15) is 8.78 Å². The third-order valence-electron chi connectivity index (χ3n) is 3.46. The molecule has 1 fully saturated rings. The zero-order valence-electron chi connectivity index (χ0n) is 11.2. The summed E-state index contributed by atoms with van der Waals surface area (Å²) in [7, 11) is 0. The maximum Gasteiger partial charge on any atom is 0.387 e. The summed E-state index contributed by atoms with van der Waals surface area (Å²) in [5, 5.41) is 12.7. The molecule has 2 rings (SSSR count). The van der Waals surface area contributed by atoms with Crippen LogP contribution < -0.4 is 10.1 Å². The molecule has 0 radical (unpaired) electrons. The second-order valence-corrected chi connectivity index (χ2v) is 5.59. The Hall–Kier alpha value is -1.40. The highest BCUT2D eigenvalue weighted by atomic mass is 35.5. The molecule has 0 heterocycles. The van der Waals surface area contributed by atoms with Crippen molar-refractivity contribution in [2.75, 3.05) is 5.32 Å². The Morgan fingerprint density at radius 2 is 2.10 bits per heavy atom. The van der Waals surface area contributed by atoms with E-state index >= 15 is 0 Å². The largest absolute Gasteiger partial charge is 0.433 e. The van der Waals surface area contributed by atoms with Crippen LogP contribution in [0.25, 0.3) is 0 Å². The van der Waals surface area contributed by atoms with Crippen LogP contribution >= 0.6 is 11.6 Å². The fraction of sp³-hybridized carbons (Fsp3) is 0.500. The van der Waals surface area contributed by atoms with Gasteiger partial charge in [-0.1, -0.05) is 24.4 Å². The number of hydrogen-bond acceptors (Lipinski definition) is 3. The summed E-state index contributed by atoms with van der Waals surface area (Å²) in [6.07, 6.45) is 3.06. The lowest BCUT2D eigenvalue weighted by atomic mass is 9.97. The number of ether oxygens (including phenoxy) is 1. The molecule has 0 aromatic heterocycles. The molecule has 0 bridgehead atoms. The minimum absolute atomic E-state index is 0.0138. The number of alkyl halides is 2. The molecule has 1 aromatic rings. The van der Waals surface area contributed by atoms with Gasteiger partial charge in [-0.05, 0) is 31.0 Å². The van der Waals surface area contributed by atoms with Gasteiger partial charge in [0.1, 0.15) is 5.75 Å². The van der Waals surface area contributed by atoms with Crippen molar-refractivity contribution in [2.24, 2.45) is 0 Å². The summed E-state index contributed by atoms with van der Waals surface area (Å²) >= 11 is 5.80. The van der Waals surface area contributed by atoms with Crippen molar-refractivity contribution in [2.45, 2.75) is 44.3 Å². The normalized spacial score (nSPS) is 17.0. The minimum atomic E-state index is -2.96. The van der Waals surface area contributed by atoms with E-state index in [1.54, 1.807) is 0 Å². The van der Waals surface area contributed by atoms with Crippen molar-refractivity contribution >= 4 is 23.2 Å². The molecule has 116 valence electrons. The van der Waals surface area contributed by atoms with Gasteiger partial charge in [-0.15, -0.1) is 0 Å². The second-order valence-electron chi connectivity index (χ2n) is 5.18. The monoisotopic (exact) mass is 319 g/mol. The topological polar surface area (TPSA) is 58.6 Å². The van der Waals surface area contributed by atoms with Crippen LogP contribution in [0.15, 0.2) is 18.2 Å². The molecular weight excluding hydrogens is 304 g/mol. The summed E-state index contributed by atoms with van der Waals surface area (Å²) in [5.41, 5.74) is -0.569. The van der Waals surface area contributed by atoms with Crippen LogP contribution in [-0.2, 0) is 4.79 Å². The van der Waals surface area contributed by atoms with Crippen molar-refractivity contribution in [3.05, 3.63) is 23.2 Å². The average Bonchev–Trinajstić information content (AvgIpc) is 2.78. The van der Waals surface area contributed by atoms with Gasteiger partial charge in [0, 0.05) is 5.69 Å². The first-order valence-corrected chi connectivity index (χ1v) is 7.02. The van der Waals surface area contributed by atoms with Crippen LogP contribution in [0.5, 0.6) is 5.75 Å². The van der Waals surface area contributed by atoms with Gasteiger partial charge >= 0.3 is 6.61 Å². The fourth-order valence-electron chi connectivity index (χ4n) is 2.48. The molecule has 0 saturated heterocycles. The van der Waals surface area contributed by atoms with E-state index in [1.165, 1.54) is 18.2 Å². The molecule has 0 atom stereocenters. The molecule has 0 unspecified atom stereocenters. The molecule has 1 aliphatic carbocycles. The van der Waals surface area contributed by atoms with Crippen molar-refractivity contribution < 1.29 is 23.4 Å². The quantitative estimate of drug-likeness (QED) is 0.872. The molecule has 1 aliphatic rings. The summed E-state index contributed by atoms with van der Waals surface area (Å²) in [6.45, 7) is -2.96. The number of nitrogens with one attached hydrogen (secondary N) is 1. The lowest BCUT2D eigenvalue weighted by Gasteiger charge is -2.21. The van der Waals surface area contributed by atoms with E-state index in [9.17, 15) is 18.7 Å². The Balaban J connectivity index is 1.96. The predicted octanol–water partition coefficient (Wildman–Crippen LogP) is 3.58. The first kappa shape index (κ1) is 16.0. The van der Waals surface area contributed by atoms with Crippen molar-refractivity contribution in [1.29, 1.82) is 0 Å². The van der Waals surface area contributed by atoms with Crippen LogP contribution in [0, 0.1) is 0 Å². The zero-order chi connectivity index (χ0) is 15.5. The second kappa shape index (κ2) is 6.58. The molecule has 1 aromatic carbocycles. The van der Waals surface area contributed by atoms with E-state index in [1.807, 2.05) is 0 Å². The van der Waals surface area contributed by atoms with Gasteiger partial charge < -0.3 is 15.2 Å². The van der Waals surface area contributed by atoms with Gasteiger partial charge in [0.2, 0.25) is 5.91 Å². The molecule has 4 nitrogen and oxygen atoms in total. The number of carbonyl (C=O) groups is 1. The van der Waals surface area contributed by atoms with Gasteiger partial charge in [0.15, 0.2) is 0 Å². The Bertz CT molecular complexity index is 519. The lowest BCUT2D eigenvalue weighted by molar-refractivity contribution is -0.120. The first-order valence-electron chi connectivity index (χ1n) is 6.65. The Morgan fingerprint density at radius 1 is 1.43 bits per heavy atom. The van der Waals surface area contributed by atoms with Crippen molar-refractivity contribution in [3.63, 3.8) is 0 Å². The van der Waals surface area contributed by atoms with E-state index in [4.69, 9.17) is 11.6 Å². The van der Waals surface area contributed by atoms with Crippen LogP contribution in [0.2, 0.25) is 5.02 Å². The molecule has 0 spiro atoms. The summed E-state index contributed by atoms with van der Waals surface area (Å²) in [5.74, 6) is -0.489. The third-order valence-corrected chi connectivity index (χ3v) is 3.75. The van der Waals surface area contributed by atoms with Gasteiger partial charge in [0.25, 0.3) is 0 Å². The fourth-order valence-corrected chi connectivity index (χ4v) is 2.71. The summed E-state index contributed by atoms with van der Waals surface area (Å²) < 4.78 is 28.4. The number of halogens is 3. The van der Waals surface area contributed by atoms with Gasteiger partial charge in [0.05, 0.1) is 17.0 Å². The Labute approximate surface area is 126 Å². The lowest BCUT2D eigenvalue weighted by Crippen LogP contribution is -2.30. The third kappa shape index (κ3) is 4.54. The molecule has 1 saturated carbocycles. The minimum Gasteiger partial charge on any atom is -0.433 e. The standard InChI is InChI=1S/C14H16ClF2NO3/c15-10-7-9(3-4-11(10)21-13(16)17)18-12(19)8-14(20)5-1-2-6-14/h3-4,7,13,20H,1-2,5-6,8H2,(H,18,19). The van der Waals surface area contributed by atoms with E-state index < -0.39 is 12.2 Å². The first-order chi connectivity index (χ1) is 9.88. The Morgan fingerprint density at radius 3 is 2.67 bits per heavy atom. The van der Waals surface area contributed by atoms with E-state index in [-0.39, 0.29) is 23.1 Å². The van der Waals surface area contributed by atoms with Crippen LogP contribution in [0.3, 0.4) is 0 Å². The van der Waals surface area contributed by atoms with Crippen LogP contribution in [-0.4, -0.2) is 23.2 Å². The van der Waals surface area contributed by atoms with Gasteiger partial charge in [-0.25, -0.2) is 0 Å². The maximum absolute atomic E-state index is 12.1. The zero-order valence-corrected chi connectivity index (χ0v) is 12.0. The smallest absolute Gasteiger partial charge is 0.387 e. The summed E-state index contributed by atoms with van der Waals surface area (Å²) in [6, 6.07) is 4.00. The maximum atomic E-state index is 12.1. The molecular formula is C14H16ClF2NO3.